The van der Waals surface area contributed by atoms with Crippen LogP contribution in [0.1, 0.15) is 63.8 Å². The van der Waals surface area contributed by atoms with Gasteiger partial charge < -0.3 is 20.3 Å². The maximum atomic E-state index is 12.1. The van der Waals surface area contributed by atoms with Crippen LogP contribution < -0.4 is 15.5 Å². The molecule has 8 nitrogen and oxygen atoms in total. The number of aryl methyl sites for hydroxylation is 1. The molecule has 4 rings (SSSR count). The smallest absolute Gasteiger partial charge is 0.407 e. The lowest BCUT2D eigenvalue weighted by Crippen LogP contribution is -2.40. The summed E-state index contributed by atoms with van der Waals surface area (Å²) in [7, 11) is 0. The Kier molecular flexibility index (Phi) is 5.38. The van der Waals surface area contributed by atoms with Gasteiger partial charge in [-0.05, 0) is 53.5 Å². The standard InChI is InChI=1S/C21H32N6O2/c1-14-12-27-18(11-17(25-27)16-7-5-6-9-22-16)24-19(14)26-10-8-15(13-26)23-20(28)29-21(2,3)4/h11-12,15-16,22H,5-10,13H2,1-4H3,(H,23,28)/t15?,16-/m0/s1. The molecule has 2 aliphatic heterocycles. The number of rotatable bonds is 3. The van der Waals surface area contributed by atoms with Gasteiger partial charge in [0.05, 0.1) is 17.8 Å². The molecule has 8 heteroatoms. The van der Waals surface area contributed by atoms with E-state index in [1.807, 2.05) is 25.3 Å². The molecule has 0 aromatic carbocycles. The second-order valence-corrected chi connectivity index (χ2v) is 9.20. The van der Waals surface area contributed by atoms with Crippen LogP contribution in [0.4, 0.5) is 10.6 Å². The lowest BCUT2D eigenvalue weighted by Gasteiger charge is -2.22. The fourth-order valence-corrected chi connectivity index (χ4v) is 4.16. The van der Waals surface area contributed by atoms with Gasteiger partial charge in [0.15, 0.2) is 5.65 Å². The first kappa shape index (κ1) is 19.9. The van der Waals surface area contributed by atoms with Crippen molar-refractivity contribution < 1.29 is 9.53 Å². The zero-order valence-electron chi connectivity index (χ0n) is 17.9. The molecule has 1 amide bonds. The van der Waals surface area contributed by atoms with E-state index < -0.39 is 5.60 Å². The molecule has 29 heavy (non-hydrogen) atoms. The molecule has 2 N–H and O–H groups in total. The highest BCUT2D eigenvalue weighted by atomic mass is 16.6. The number of anilines is 1. The van der Waals surface area contributed by atoms with Gasteiger partial charge in [0, 0.05) is 30.9 Å². The van der Waals surface area contributed by atoms with Crippen molar-refractivity contribution in [2.45, 2.75) is 71.1 Å². The van der Waals surface area contributed by atoms with Gasteiger partial charge in [-0.25, -0.2) is 14.3 Å². The number of fused-ring (bicyclic) bond motifs is 1. The van der Waals surface area contributed by atoms with Crippen molar-refractivity contribution in [2.24, 2.45) is 0 Å². The summed E-state index contributed by atoms with van der Waals surface area (Å²) in [5, 5.41) is 11.3. The molecule has 2 aliphatic rings. The van der Waals surface area contributed by atoms with Gasteiger partial charge in [0.1, 0.15) is 11.4 Å². The summed E-state index contributed by atoms with van der Waals surface area (Å²) < 4.78 is 7.27. The Morgan fingerprint density at radius 3 is 2.86 bits per heavy atom. The third kappa shape index (κ3) is 4.63. The summed E-state index contributed by atoms with van der Waals surface area (Å²) in [5.41, 5.74) is 2.54. The number of piperidine rings is 1. The zero-order valence-corrected chi connectivity index (χ0v) is 17.9. The molecule has 4 heterocycles. The number of hydrogen-bond acceptors (Lipinski definition) is 6. The van der Waals surface area contributed by atoms with E-state index >= 15 is 0 Å². The third-order valence-corrected chi connectivity index (χ3v) is 5.50. The van der Waals surface area contributed by atoms with E-state index in [1.165, 1.54) is 12.8 Å². The van der Waals surface area contributed by atoms with Crippen LogP contribution in [-0.4, -0.2) is 52.0 Å². The predicted octanol–water partition coefficient (Wildman–Crippen LogP) is 2.96. The summed E-state index contributed by atoms with van der Waals surface area (Å²) in [6.45, 7) is 10.3. The number of carbonyl (C=O) groups is 1. The van der Waals surface area contributed by atoms with Crippen molar-refractivity contribution in [3.8, 4) is 0 Å². The first-order chi connectivity index (χ1) is 13.8. The minimum atomic E-state index is -0.488. The second kappa shape index (κ2) is 7.82. The summed E-state index contributed by atoms with van der Waals surface area (Å²) in [4.78, 5) is 19.2. The minimum Gasteiger partial charge on any atom is -0.444 e. The number of aromatic nitrogens is 3. The quantitative estimate of drug-likeness (QED) is 0.824. The van der Waals surface area contributed by atoms with Crippen LogP contribution in [0.25, 0.3) is 5.65 Å². The molecule has 2 aromatic rings. The van der Waals surface area contributed by atoms with Crippen molar-refractivity contribution in [2.75, 3.05) is 24.5 Å². The van der Waals surface area contributed by atoms with Gasteiger partial charge in [-0.2, -0.15) is 5.10 Å². The fraction of sp³-hybridized carbons (Fsp3) is 0.667. The molecule has 0 spiro atoms. The van der Waals surface area contributed by atoms with Gasteiger partial charge in [-0.15, -0.1) is 0 Å². The van der Waals surface area contributed by atoms with Crippen LogP contribution >= 0.6 is 0 Å². The molecule has 2 fully saturated rings. The second-order valence-electron chi connectivity index (χ2n) is 9.20. The topological polar surface area (TPSA) is 83.8 Å². The van der Waals surface area contributed by atoms with Crippen LogP contribution in [0.3, 0.4) is 0 Å². The number of hydrogen-bond donors (Lipinski definition) is 2. The van der Waals surface area contributed by atoms with E-state index in [-0.39, 0.29) is 12.1 Å². The normalized spacial score (nSPS) is 22.8. The first-order valence-electron chi connectivity index (χ1n) is 10.6. The van der Waals surface area contributed by atoms with E-state index in [4.69, 9.17) is 14.8 Å². The van der Waals surface area contributed by atoms with Gasteiger partial charge in [0.25, 0.3) is 0 Å². The molecule has 1 unspecified atom stereocenters. The lowest BCUT2D eigenvalue weighted by atomic mass is 10.0. The molecular formula is C21H32N6O2. The summed E-state index contributed by atoms with van der Waals surface area (Å²) >= 11 is 0. The number of ether oxygens (including phenoxy) is 1. The molecule has 2 aromatic heterocycles. The average Bonchev–Trinajstić information content (AvgIpc) is 3.26. The molecule has 0 aliphatic carbocycles. The fourth-order valence-electron chi connectivity index (χ4n) is 4.16. The molecule has 2 saturated heterocycles. The number of nitrogens with one attached hydrogen (secondary N) is 2. The number of amides is 1. The highest BCUT2D eigenvalue weighted by Gasteiger charge is 2.28. The van der Waals surface area contributed by atoms with E-state index in [2.05, 4.69) is 34.7 Å². The Morgan fingerprint density at radius 1 is 1.31 bits per heavy atom. The van der Waals surface area contributed by atoms with Crippen LogP contribution in [0.2, 0.25) is 0 Å². The van der Waals surface area contributed by atoms with Crippen molar-refractivity contribution in [1.29, 1.82) is 0 Å². The maximum Gasteiger partial charge on any atom is 0.407 e. The van der Waals surface area contributed by atoms with Gasteiger partial charge in [-0.3, -0.25) is 0 Å². The Labute approximate surface area is 172 Å². The van der Waals surface area contributed by atoms with Gasteiger partial charge in [0.2, 0.25) is 0 Å². The Bertz CT molecular complexity index is 881. The van der Waals surface area contributed by atoms with Crippen molar-refractivity contribution >= 4 is 17.6 Å². The van der Waals surface area contributed by atoms with Crippen LogP contribution in [0, 0.1) is 6.92 Å². The minimum absolute atomic E-state index is 0.0641. The zero-order chi connectivity index (χ0) is 20.6. The Morgan fingerprint density at radius 2 is 2.14 bits per heavy atom. The average molecular weight is 401 g/mol. The Hall–Kier alpha value is -2.35. The van der Waals surface area contributed by atoms with E-state index in [9.17, 15) is 4.79 Å². The number of carbonyl (C=O) groups excluding carboxylic acids is 1. The van der Waals surface area contributed by atoms with Crippen LogP contribution in [-0.2, 0) is 4.74 Å². The van der Waals surface area contributed by atoms with E-state index in [0.29, 0.717) is 6.04 Å². The third-order valence-electron chi connectivity index (χ3n) is 5.50. The molecule has 0 radical (unpaired) electrons. The highest BCUT2D eigenvalue weighted by Crippen LogP contribution is 2.26. The lowest BCUT2D eigenvalue weighted by molar-refractivity contribution is 0.0509. The van der Waals surface area contributed by atoms with Gasteiger partial charge in [-0.1, -0.05) is 6.42 Å². The van der Waals surface area contributed by atoms with Crippen LogP contribution in [0.15, 0.2) is 12.3 Å². The summed E-state index contributed by atoms with van der Waals surface area (Å²) in [6, 6.07) is 2.48. The SMILES string of the molecule is Cc1cn2nc([C@@H]3CCCCN3)cc2nc1N1CCC(NC(=O)OC(C)(C)C)C1. The number of alkyl carbamates (subject to hydrolysis) is 1. The van der Waals surface area contributed by atoms with Crippen molar-refractivity contribution in [3.63, 3.8) is 0 Å². The van der Waals surface area contributed by atoms with Crippen molar-refractivity contribution in [3.05, 3.63) is 23.5 Å². The van der Waals surface area contributed by atoms with E-state index in [1.54, 1.807) is 0 Å². The molecule has 158 valence electrons. The highest BCUT2D eigenvalue weighted by molar-refractivity contribution is 5.68. The Balaban J connectivity index is 1.46. The molecular weight excluding hydrogens is 368 g/mol. The van der Waals surface area contributed by atoms with Crippen LogP contribution in [0.5, 0.6) is 0 Å². The molecule has 2 atom stereocenters. The van der Waals surface area contributed by atoms with E-state index in [0.717, 1.165) is 55.2 Å². The molecule has 0 bridgehead atoms. The molecule has 0 saturated carbocycles. The number of nitrogens with zero attached hydrogens (tertiary/aromatic N) is 4. The summed E-state index contributed by atoms with van der Waals surface area (Å²) in [6.07, 6.45) is 6.17. The first-order valence-corrected chi connectivity index (χ1v) is 10.6. The van der Waals surface area contributed by atoms with Gasteiger partial charge >= 0.3 is 6.09 Å². The largest absolute Gasteiger partial charge is 0.444 e. The predicted molar refractivity (Wildman–Crippen MR) is 112 cm³/mol. The monoisotopic (exact) mass is 400 g/mol. The summed E-state index contributed by atoms with van der Waals surface area (Å²) in [5.74, 6) is 0.967. The maximum absolute atomic E-state index is 12.1. The van der Waals surface area contributed by atoms with Crippen molar-refractivity contribution in [1.82, 2.24) is 25.2 Å².